The van der Waals surface area contributed by atoms with E-state index in [1.165, 1.54) is 12.1 Å². The molecule has 2 nitrogen and oxygen atoms in total. The fourth-order valence-corrected chi connectivity index (χ4v) is 1.78. The molecule has 17 heavy (non-hydrogen) atoms. The minimum Gasteiger partial charge on any atom is -0.381 e. The highest BCUT2D eigenvalue weighted by Crippen LogP contribution is 2.19. The number of hydrogen-bond donors (Lipinski definition) is 1. The van der Waals surface area contributed by atoms with Crippen LogP contribution in [0, 0.1) is 5.82 Å². The predicted molar refractivity (Wildman–Crippen MR) is 68.0 cm³/mol. The third-order valence-electron chi connectivity index (χ3n) is 2.22. The number of hydrogen-bond acceptors (Lipinski definition) is 2. The van der Waals surface area contributed by atoms with Crippen molar-refractivity contribution in [2.24, 2.45) is 0 Å². The maximum Gasteiger partial charge on any atom is 0.131 e. The summed E-state index contributed by atoms with van der Waals surface area (Å²) in [4.78, 5) is 3.87. The Morgan fingerprint density at radius 2 is 2.00 bits per heavy atom. The van der Waals surface area contributed by atoms with Crippen LogP contribution in [0.15, 0.2) is 36.5 Å². The molecule has 0 saturated heterocycles. The second-order valence-electron chi connectivity index (χ2n) is 3.46. The number of benzene rings is 1. The van der Waals surface area contributed by atoms with Gasteiger partial charge in [-0.1, -0.05) is 29.3 Å². The maximum absolute atomic E-state index is 12.8. The van der Waals surface area contributed by atoms with E-state index in [9.17, 15) is 4.39 Å². The molecule has 0 amide bonds. The van der Waals surface area contributed by atoms with Gasteiger partial charge in [-0.15, -0.1) is 0 Å². The highest BCUT2D eigenvalue weighted by Gasteiger charge is 2.02. The van der Waals surface area contributed by atoms with E-state index in [0.29, 0.717) is 16.7 Å². The molecule has 0 bridgehead atoms. The molecule has 1 aromatic carbocycles. The molecule has 1 aromatic heterocycles. The molecule has 0 saturated carbocycles. The highest BCUT2D eigenvalue weighted by atomic mass is 35.5. The molecule has 1 heterocycles. The van der Waals surface area contributed by atoms with Crippen molar-refractivity contribution in [3.63, 3.8) is 0 Å². The van der Waals surface area contributed by atoms with E-state index in [4.69, 9.17) is 23.2 Å². The quantitative estimate of drug-likeness (QED) is 0.848. The minimum atomic E-state index is -0.342. The Kier molecular flexibility index (Phi) is 3.82. The number of rotatable bonds is 3. The molecule has 0 spiro atoms. The van der Waals surface area contributed by atoms with E-state index >= 15 is 0 Å². The number of nitrogens with zero attached hydrogens (tertiary/aromatic N) is 1. The van der Waals surface area contributed by atoms with Gasteiger partial charge in [0.1, 0.15) is 11.0 Å². The molecule has 88 valence electrons. The molecule has 1 N–H and O–H groups in total. The zero-order valence-electron chi connectivity index (χ0n) is 8.75. The summed E-state index contributed by atoms with van der Waals surface area (Å²) in [5, 5.41) is 3.95. The molecule has 2 rings (SSSR count). The minimum absolute atomic E-state index is 0.342. The lowest BCUT2D eigenvalue weighted by molar-refractivity contribution is 0.627. The number of nitrogens with one attached hydrogen (secondary N) is 1. The molecular weight excluding hydrogens is 262 g/mol. The van der Waals surface area contributed by atoms with Crippen LogP contribution < -0.4 is 5.32 Å². The first kappa shape index (κ1) is 12.1. The summed E-state index contributed by atoms with van der Waals surface area (Å²) in [7, 11) is 0. The van der Waals surface area contributed by atoms with E-state index in [1.54, 1.807) is 24.4 Å². The zero-order valence-corrected chi connectivity index (χ0v) is 10.3. The van der Waals surface area contributed by atoms with Crippen molar-refractivity contribution in [1.29, 1.82) is 0 Å². The number of anilines is 1. The third kappa shape index (κ3) is 3.32. The highest BCUT2D eigenvalue weighted by molar-refractivity contribution is 6.31. The Balaban J connectivity index is 2.07. The Hall–Kier alpha value is -1.32. The molecular formula is C12H9Cl2FN2. The summed E-state index contributed by atoms with van der Waals surface area (Å²) >= 11 is 11.7. The molecule has 5 heteroatoms. The van der Waals surface area contributed by atoms with Crippen molar-refractivity contribution >= 4 is 28.9 Å². The first-order valence-electron chi connectivity index (χ1n) is 4.94. The van der Waals surface area contributed by atoms with E-state index < -0.39 is 0 Å². The summed E-state index contributed by atoms with van der Waals surface area (Å²) in [6.45, 7) is 0.499. The van der Waals surface area contributed by atoms with Gasteiger partial charge in [0.25, 0.3) is 0 Å². The van der Waals surface area contributed by atoms with Gasteiger partial charge in [-0.05, 0) is 29.8 Å². The first-order valence-corrected chi connectivity index (χ1v) is 5.70. The molecule has 0 aliphatic carbocycles. The van der Waals surface area contributed by atoms with Gasteiger partial charge in [-0.2, -0.15) is 0 Å². The predicted octanol–water partition coefficient (Wildman–Crippen LogP) is 4.14. The van der Waals surface area contributed by atoms with Gasteiger partial charge in [-0.25, -0.2) is 9.37 Å². The normalized spacial score (nSPS) is 10.3. The molecule has 0 atom stereocenters. The molecule has 0 fully saturated rings. The fraction of sp³-hybridized carbons (Fsp3) is 0.0833. The lowest BCUT2D eigenvalue weighted by atomic mass is 10.2. The summed E-state index contributed by atoms with van der Waals surface area (Å²) in [5.41, 5.74) is 1.66. The van der Waals surface area contributed by atoms with Gasteiger partial charge in [0.05, 0.1) is 0 Å². The lowest BCUT2D eigenvalue weighted by Gasteiger charge is -2.08. The summed E-state index contributed by atoms with van der Waals surface area (Å²) < 4.78 is 12.8. The van der Waals surface area contributed by atoms with E-state index in [2.05, 4.69) is 10.3 Å². The van der Waals surface area contributed by atoms with E-state index in [0.717, 1.165) is 11.3 Å². The Bertz CT molecular complexity index is 532. The third-order valence-corrected chi connectivity index (χ3v) is 2.78. The average molecular weight is 271 g/mol. The summed E-state index contributed by atoms with van der Waals surface area (Å²) in [5.74, 6) is -0.342. The standard InChI is InChI=1S/C12H9Cl2FN2/c13-11-5-9(15)2-1-8(11)7-17-10-3-4-16-12(14)6-10/h1-6H,7H2,(H,16,17). The zero-order chi connectivity index (χ0) is 12.3. The smallest absolute Gasteiger partial charge is 0.131 e. The largest absolute Gasteiger partial charge is 0.381 e. The molecule has 0 radical (unpaired) electrons. The van der Waals surface area contributed by atoms with Crippen LogP contribution in [0.4, 0.5) is 10.1 Å². The van der Waals surface area contributed by atoms with Gasteiger partial charge in [0.15, 0.2) is 0 Å². The van der Waals surface area contributed by atoms with Crippen molar-refractivity contribution in [1.82, 2.24) is 4.98 Å². The van der Waals surface area contributed by atoms with Crippen LogP contribution in [-0.4, -0.2) is 4.98 Å². The summed E-state index contributed by atoms with van der Waals surface area (Å²) in [6.07, 6.45) is 1.61. The monoisotopic (exact) mass is 270 g/mol. The number of aromatic nitrogens is 1. The summed E-state index contributed by atoms with van der Waals surface area (Å²) in [6, 6.07) is 7.82. The van der Waals surface area contributed by atoms with Crippen molar-refractivity contribution in [3.8, 4) is 0 Å². The van der Waals surface area contributed by atoms with Crippen LogP contribution in [0.3, 0.4) is 0 Å². The Morgan fingerprint density at radius 3 is 2.71 bits per heavy atom. The SMILES string of the molecule is Fc1ccc(CNc2ccnc(Cl)c2)c(Cl)c1. The van der Waals surface area contributed by atoms with Gasteiger partial charge >= 0.3 is 0 Å². The molecule has 0 unspecified atom stereocenters. The lowest BCUT2D eigenvalue weighted by Crippen LogP contribution is -2.00. The second kappa shape index (κ2) is 5.34. The van der Waals surface area contributed by atoms with Crippen LogP contribution in [0.1, 0.15) is 5.56 Å². The Labute approximate surface area is 108 Å². The van der Waals surface area contributed by atoms with Crippen LogP contribution in [0.5, 0.6) is 0 Å². The second-order valence-corrected chi connectivity index (χ2v) is 4.25. The van der Waals surface area contributed by atoms with Gasteiger partial charge in [0, 0.05) is 23.5 Å². The van der Waals surface area contributed by atoms with Crippen LogP contribution in [0.25, 0.3) is 0 Å². The molecule has 0 aliphatic heterocycles. The van der Waals surface area contributed by atoms with Crippen molar-refractivity contribution in [2.45, 2.75) is 6.54 Å². The van der Waals surface area contributed by atoms with Gasteiger partial charge in [-0.3, -0.25) is 0 Å². The average Bonchev–Trinajstić information content (AvgIpc) is 2.28. The van der Waals surface area contributed by atoms with Gasteiger partial charge in [0.2, 0.25) is 0 Å². The molecule has 0 aliphatic rings. The van der Waals surface area contributed by atoms with E-state index in [-0.39, 0.29) is 5.82 Å². The maximum atomic E-state index is 12.8. The van der Waals surface area contributed by atoms with Crippen LogP contribution in [0.2, 0.25) is 10.2 Å². The topological polar surface area (TPSA) is 24.9 Å². The number of pyridine rings is 1. The van der Waals surface area contributed by atoms with Crippen LogP contribution >= 0.6 is 23.2 Å². The van der Waals surface area contributed by atoms with Gasteiger partial charge < -0.3 is 5.32 Å². The van der Waals surface area contributed by atoms with E-state index in [1.807, 2.05) is 0 Å². The van der Waals surface area contributed by atoms with Crippen molar-refractivity contribution < 1.29 is 4.39 Å². The van der Waals surface area contributed by atoms with Crippen molar-refractivity contribution in [2.75, 3.05) is 5.32 Å². The van der Waals surface area contributed by atoms with Crippen LogP contribution in [-0.2, 0) is 6.54 Å². The van der Waals surface area contributed by atoms with Crippen molar-refractivity contribution in [3.05, 3.63) is 58.1 Å². The number of halogens is 3. The first-order chi connectivity index (χ1) is 8.15. The fourth-order valence-electron chi connectivity index (χ4n) is 1.37. The Morgan fingerprint density at radius 1 is 1.18 bits per heavy atom. The molecule has 2 aromatic rings.